The number of hydrogen-bond donors (Lipinski definition) is 0. The normalized spacial score (nSPS) is 14.7. The lowest BCUT2D eigenvalue weighted by atomic mass is 9.86. The number of carbonyl (C=O) groups is 1. The number of rotatable bonds is 5. The van der Waals surface area contributed by atoms with Gasteiger partial charge in [-0.15, -0.1) is 0 Å². The molecule has 7 heteroatoms. The van der Waals surface area contributed by atoms with Crippen molar-refractivity contribution >= 4 is 22.0 Å². The predicted molar refractivity (Wildman–Crippen MR) is 125 cm³/mol. The van der Waals surface area contributed by atoms with E-state index in [2.05, 4.69) is 20.8 Å². The third-order valence-electron chi connectivity index (χ3n) is 5.27. The highest BCUT2D eigenvalue weighted by atomic mass is 32.2. The van der Waals surface area contributed by atoms with Crippen LogP contribution in [0.2, 0.25) is 0 Å². The topological polar surface area (TPSA) is 78.9 Å². The van der Waals surface area contributed by atoms with E-state index in [1.54, 1.807) is 6.08 Å². The van der Waals surface area contributed by atoms with Gasteiger partial charge in [-0.2, -0.15) is 8.42 Å². The molecule has 0 unspecified atom stereocenters. The van der Waals surface area contributed by atoms with E-state index in [4.69, 9.17) is 13.7 Å². The molecule has 3 aromatic carbocycles. The van der Waals surface area contributed by atoms with Gasteiger partial charge in [0.2, 0.25) is 5.78 Å². The molecule has 0 radical (unpaired) electrons. The SMILES string of the molecule is COc1ccc(S(=O)(=O)Oc2ccc3c(c2)OC(=Cc2ccc(C(C)(C)C)cc2)C3=O)cc1. The average molecular weight is 465 g/mol. The Kier molecular flexibility index (Phi) is 5.76. The summed E-state index contributed by atoms with van der Waals surface area (Å²) in [6, 6.07) is 18.1. The lowest BCUT2D eigenvalue weighted by Crippen LogP contribution is -2.10. The van der Waals surface area contributed by atoms with Crippen LogP contribution in [-0.2, 0) is 15.5 Å². The highest BCUT2D eigenvalue weighted by molar-refractivity contribution is 7.87. The van der Waals surface area contributed by atoms with Crippen LogP contribution in [0.25, 0.3) is 6.08 Å². The highest BCUT2D eigenvalue weighted by Crippen LogP contribution is 2.36. The van der Waals surface area contributed by atoms with Crippen LogP contribution in [0.5, 0.6) is 17.2 Å². The molecule has 0 N–H and O–H groups in total. The van der Waals surface area contributed by atoms with Crippen molar-refractivity contribution in [2.45, 2.75) is 31.1 Å². The van der Waals surface area contributed by atoms with Gasteiger partial charge in [0.25, 0.3) is 0 Å². The maximum absolute atomic E-state index is 12.7. The first kappa shape index (κ1) is 22.6. The molecule has 0 spiro atoms. The first-order chi connectivity index (χ1) is 15.6. The van der Waals surface area contributed by atoms with Gasteiger partial charge in [0.1, 0.15) is 22.1 Å². The van der Waals surface area contributed by atoms with Crippen LogP contribution in [0.3, 0.4) is 0 Å². The molecule has 0 fully saturated rings. The second-order valence-corrected chi connectivity index (χ2v) is 10.2. The van der Waals surface area contributed by atoms with Gasteiger partial charge in [-0.3, -0.25) is 4.79 Å². The monoisotopic (exact) mass is 464 g/mol. The van der Waals surface area contributed by atoms with E-state index < -0.39 is 10.1 Å². The Hall–Kier alpha value is -3.58. The van der Waals surface area contributed by atoms with Crippen LogP contribution in [0, 0.1) is 0 Å². The molecule has 6 nitrogen and oxygen atoms in total. The fourth-order valence-corrected chi connectivity index (χ4v) is 4.29. The molecule has 3 aromatic rings. The van der Waals surface area contributed by atoms with Crippen LogP contribution >= 0.6 is 0 Å². The van der Waals surface area contributed by atoms with Gasteiger partial charge in [-0.05, 0) is 59.0 Å². The van der Waals surface area contributed by atoms with E-state index in [9.17, 15) is 13.2 Å². The number of ketones is 1. The van der Waals surface area contributed by atoms with Gasteiger partial charge in [0, 0.05) is 6.07 Å². The second kappa shape index (κ2) is 8.41. The molecule has 0 amide bonds. The molecule has 0 atom stereocenters. The quantitative estimate of drug-likeness (QED) is 0.373. The summed E-state index contributed by atoms with van der Waals surface area (Å²) in [5, 5.41) is 0. The van der Waals surface area contributed by atoms with E-state index in [0.717, 1.165) is 5.56 Å². The molecular weight excluding hydrogens is 440 g/mol. The van der Waals surface area contributed by atoms with Crippen molar-refractivity contribution in [1.82, 2.24) is 0 Å². The molecule has 33 heavy (non-hydrogen) atoms. The van der Waals surface area contributed by atoms with Crippen molar-refractivity contribution in [3.63, 3.8) is 0 Å². The largest absolute Gasteiger partial charge is 0.497 e. The molecular formula is C26H24O6S. The minimum Gasteiger partial charge on any atom is -0.497 e. The van der Waals surface area contributed by atoms with E-state index in [0.29, 0.717) is 11.3 Å². The van der Waals surface area contributed by atoms with E-state index in [-0.39, 0.29) is 33.4 Å². The van der Waals surface area contributed by atoms with Gasteiger partial charge in [0.05, 0.1) is 12.7 Å². The Balaban J connectivity index is 1.54. The minimum atomic E-state index is -4.06. The number of benzene rings is 3. The highest BCUT2D eigenvalue weighted by Gasteiger charge is 2.28. The van der Waals surface area contributed by atoms with Gasteiger partial charge >= 0.3 is 10.1 Å². The van der Waals surface area contributed by atoms with Gasteiger partial charge in [0.15, 0.2) is 5.76 Å². The Morgan fingerprint density at radius 3 is 2.12 bits per heavy atom. The smallest absolute Gasteiger partial charge is 0.339 e. The Morgan fingerprint density at radius 2 is 1.52 bits per heavy atom. The summed E-state index contributed by atoms with van der Waals surface area (Å²) >= 11 is 0. The average Bonchev–Trinajstić information content (AvgIpc) is 3.07. The molecule has 170 valence electrons. The fraction of sp³-hybridized carbons (Fsp3) is 0.192. The van der Waals surface area contributed by atoms with Crippen molar-refractivity contribution in [2.24, 2.45) is 0 Å². The van der Waals surface area contributed by atoms with Crippen molar-refractivity contribution in [1.29, 1.82) is 0 Å². The van der Waals surface area contributed by atoms with Crippen LogP contribution in [-0.4, -0.2) is 21.3 Å². The molecule has 0 bridgehead atoms. The zero-order chi connectivity index (χ0) is 23.8. The number of fused-ring (bicyclic) bond motifs is 1. The number of methoxy groups -OCH3 is 1. The summed E-state index contributed by atoms with van der Waals surface area (Å²) in [7, 11) is -2.56. The first-order valence-corrected chi connectivity index (χ1v) is 11.7. The van der Waals surface area contributed by atoms with E-state index in [1.807, 2.05) is 24.3 Å². The number of ether oxygens (including phenoxy) is 2. The molecule has 0 aromatic heterocycles. The summed E-state index contributed by atoms with van der Waals surface area (Å²) in [6.07, 6.45) is 1.67. The number of Topliss-reactive ketones (excluding diaryl/α,β-unsaturated/α-hetero) is 1. The zero-order valence-corrected chi connectivity index (χ0v) is 19.6. The second-order valence-electron chi connectivity index (χ2n) is 8.68. The maximum Gasteiger partial charge on any atom is 0.339 e. The van der Waals surface area contributed by atoms with Gasteiger partial charge in [-0.1, -0.05) is 45.0 Å². The van der Waals surface area contributed by atoms with Crippen molar-refractivity contribution < 1.29 is 26.9 Å². The predicted octanol–water partition coefficient (Wildman–Crippen LogP) is 5.38. The lowest BCUT2D eigenvalue weighted by Gasteiger charge is -2.18. The van der Waals surface area contributed by atoms with Crippen LogP contribution in [0.1, 0.15) is 42.3 Å². The Morgan fingerprint density at radius 1 is 0.879 bits per heavy atom. The lowest BCUT2D eigenvalue weighted by molar-refractivity contribution is 0.101. The first-order valence-electron chi connectivity index (χ1n) is 10.3. The summed E-state index contributed by atoms with van der Waals surface area (Å²) in [5.74, 6) is 0.733. The number of hydrogen-bond acceptors (Lipinski definition) is 6. The molecule has 0 saturated carbocycles. The van der Waals surface area contributed by atoms with Crippen molar-refractivity contribution in [3.05, 3.63) is 89.2 Å². The molecule has 0 saturated heterocycles. The van der Waals surface area contributed by atoms with E-state index >= 15 is 0 Å². The maximum atomic E-state index is 12.7. The van der Waals surface area contributed by atoms with Crippen LogP contribution in [0.15, 0.2) is 77.4 Å². The van der Waals surface area contributed by atoms with Crippen LogP contribution in [0.4, 0.5) is 0 Å². The fourth-order valence-electron chi connectivity index (χ4n) is 3.37. The molecule has 1 heterocycles. The summed E-state index contributed by atoms with van der Waals surface area (Å²) in [4.78, 5) is 12.7. The molecule has 4 rings (SSSR count). The Bertz CT molecular complexity index is 1330. The summed E-state index contributed by atoms with van der Waals surface area (Å²) < 4.78 is 41.2. The molecule has 1 aliphatic heterocycles. The Labute approximate surface area is 193 Å². The third-order valence-corrected chi connectivity index (χ3v) is 6.53. The number of carbonyl (C=O) groups excluding carboxylic acids is 1. The molecule has 0 aliphatic carbocycles. The third kappa shape index (κ3) is 4.78. The molecule has 1 aliphatic rings. The number of allylic oxidation sites excluding steroid dienone is 1. The van der Waals surface area contributed by atoms with Crippen molar-refractivity contribution in [3.8, 4) is 17.2 Å². The standard InChI is InChI=1S/C26H24O6S/c1-26(2,3)18-7-5-17(6-8-18)15-24-25(27)22-14-11-20(16-23(22)31-24)32-33(28,29)21-12-9-19(30-4)10-13-21/h5-16H,1-4H3. The van der Waals surface area contributed by atoms with Crippen molar-refractivity contribution in [2.75, 3.05) is 7.11 Å². The van der Waals surface area contributed by atoms with Crippen LogP contribution < -0.4 is 13.7 Å². The van der Waals surface area contributed by atoms with Gasteiger partial charge < -0.3 is 13.7 Å². The van der Waals surface area contributed by atoms with E-state index in [1.165, 1.54) is 55.1 Å². The summed E-state index contributed by atoms with van der Waals surface area (Å²) in [5.41, 5.74) is 2.40. The van der Waals surface area contributed by atoms with Gasteiger partial charge in [-0.25, -0.2) is 0 Å². The summed E-state index contributed by atoms with van der Waals surface area (Å²) in [6.45, 7) is 6.40. The zero-order valence-electron chi connectivity index (χ0n) is 18.8. The minimum absolute atomic E-state index is 0.0138.